The molecule has 0 amide bonds. The van der Waals surface area contributed by atoms with Gasteiger partial charge in [0, 0.05) is 20.0 Å². The fourth-order valence-corrected chi connectivity index (χ4v) is 3.81. The van der Waals surface area contributed by atoms with Crippen molar-refractivity contribution in [2.75, 3.05) is 7.11 Å². The van der Waals surface area contributed by atoms with Crippen LogP contribution < -0.4 is 0 Å². The van der Waals surface area contributed by atoms with Crippen molar-refractivity contribution in [1.29, 1.82) is 0 Å². The predicted molar refractivity (Wildman–Crippen MR) is 63.2 cm³/mol. The largest absolute Gasteiger partial charge is 0.423 e. The Morgan fingerprint density at radius 2 is 2.12 bits per heavy atom. The predicted octanol–water partition coefficient (Wildman–Crippen LogP) is 1.76. The van der Waals surface area contributed by atoms with Crippen molar-refractivity contribution in [2.24, 2.45) is 11.8 Å². The summed E-state index contributed by atoms with van der Waals surface area (Å²) in [4.78, 5) is 22.8. The molecule has 1 fully saturated rings. The van der Waals surface area contributed by atoms with Gasteiger partial charge in [0.05, 0.1) is 15.3 Å². The first-order chi connectivity index (χ1) is 7.39. The normalized spacial score (nSPS) is 35.1. The number of ether oxygens (including phenoxy) is 2. The van der Waals surface area contributed by atoms with Crippen LogP contribution in [0.4, 0.5) is 0 Å². The zero-order valence-corrected chi connectivity index (χ0v) is 11.9. The number of ketones is 1. The molecule has 1 saturated carbocycles. The van der Waals surface area contributed by atoms with Crippen molar-refractivity contribution in [3.05, 3.63) is 11.8 Å². The molecule has 2 aliphatic rings. The van der Waals surface area contributed by atoms with Gasteiger partial charge in [-0.3, -0.25) is 9.59 Å². The molecular weight excluding hydrogens is 344 g/mol. The van der Waals surface area contributed by atoms with Crippen LogP contribution in [-0.2, 0) is 19.1 Å². The van der Waals surface area contributed by atoms with E-state index in [-0.39, 0.29) is 29.5 Å². The van der Waals surface area contributed by atoms with E-state index in [4.69, 9.17) is 9.47 Å². The number of hydrogen-bond acceptors (Lipinski definition) is 4. The zero-order chi connectivity index (χ0) is 12.1. The molecule has 0 aromatic heterocycles. The summed E-state index contributed by atoms with van der Waals surface area (Å²) in [5.74, 6) is -0.770. The van der Waals surface area contributed by atoms with E-state index in [9.17, 15) is 9.59 Å². The van der Waals surface area contributed by atoms with E-state index in [2.05, 4.69) is 31.9 Å². The van der Waals surface area contributed by atoms with Gasteiger partial charge in [0.15, 0.2) is 5.76 Å². The van der Waals surface area contributed by atoms with Crippen LogP contribution in [0.3, 0.4) is 0 Å². The topological polar surface area (TPSA) is 52.6 Å². The number of carbonyl (C=O) groups excluding carboxylic acids is 2. The maximum Gasteiger partial charge on any atom is 0.308 e. The lowest BCUT2D eigenvalue weighted by Crippen LogP contribution is -2.24. The highest BCUT2D eigenvalue weighted by atomic mass is 79.9. The van der Waals surface area contributed by atoms with Crippen LogP contribution in [0.2, 0.25) is 0 Å². The fourth-order valence-electron chi connectivity index (χ4n) is 2.04. The van der Waals surface area contributed by atoms with Gasteiger partial charge in [-0.25, -0.2) is 0 Å². The molecule has 6 heteroatoms. The molecule has 0 aromatic carbocycles. The number of methoxy groups -OCH3 is 1. The Balaban J connectivity index is 2.26. The van der Waals surface area contributed by atoms with Gasteiger partial charge < -0.3 is 9.47 Å². The number of fused-ring (bicyclic) bond motifs is 1. The number of Topliss-reactive ketones (excluding diaryl/α,β-unsaturated/α-hetero) is 1. The van der Waals surface area contributed by atoms with Crippen molar-refractivity contribution in [3.8, 4) is 0 Å². The number of carbonyl (C=O) groups is 2. The molecule has 0 aromatic rings. The number of allylic oxidation sites excluding steroid dienone is 1. The molecule has 16 heavy (non-hydrogen) atoms. The SMILES string of the molecule is CO[C@H]1C=C(OC(C)=O)C(=O)[C@H]2[C@@H]1C2(Br)Br. The molecule has 2 aliphatic carbocycles. The quantitative estimate of drug-likeness (QED) is 0.560. The molecule has 0 aliphatic heterocycles. The van der Waals surface area contributed by atoms with Crippen molar-refractivity contribution in [3.63, 3.8) is 0 Å². The van der Waals surface area contributed by atoms with Gasteiger partial charge in [0.2, 0.25) is 5.78 Å². The molecular formula is C10H10Br2O4. The summed E-state index contributed by atoms with van der Waals surface area (Å²) in [6.07, 6.45) is 1.34. The van der Waals surface area contributed by atoms with Gasteiger partial charge in [-0.15, -0.1) is 0 Å². The third-order valence-corrected chi connectivity index (χ3v) is 4.87. The maximum absolute atomic E-state index is 11.9. The number of rotatable bonds is 2. The number of esters is 1. The van der Waals surface area contributed by atoms with E-state index in [0.29, 0.717) is 0 Å². The minimum absolute atomic E-state index is 0.0457. The molecule has 0 bridgehead atoms. The second-order valence-electron chi connectivity index (χ2n) is 3.87. The van der Waals surface area contributed by atoms with Gasteiger partial charge in [0.1, 0.15) is 0 Å². The molecule has 0 heterocycles. The van der Waals surface area contributed by atoms with Crippen LogP contribution in [0, 0.1) is 11.8 Å². The molecule has 0 N–H and O–H groups in total. The Kier molecular flexibility index (Phi) is 3.01. The van der Waals surface area contributed by atoms with Crippen LogP contribution in [0.5, 0.6) is 0 Å². The summed E-state index contributed by atoms with van der Waals surface area (Å²) in [5, 5.41) is 0. The van der Waals surface area contributed by atoms with E-state index < -0.39 is 9.20 Å². The van der Waals surface area contributed by atoms with Crippen molar-refractivity contribution in [2.45, 2.75) is 16.3 Å². The average molecular weight is 354 g/mol. The van der Waals surface area contributed by atoms with Crippen molar-refractivity contribution < 1.29 is 19.1 Å². The van der Waals surface area contributed by atoms with Gasteiger partial charge in [0.25, 0.3) is 0 Å². The first-order valence-electron chi connectivity index (χ1n) is 4.74. The van der Waals surface area contributed by atoms with E-state index in [1.165, 1.54) is 6.92 Å². The minimum Gasteiger partial charge on any atom is -0.423 e. The second kappa shape index (κ2) is 3.92. The highest BCUT2D eigenvalue weighted by Crippen LogP contribution is 2.66. The standard InChI is InChI=1S/C10H10Br2O4/c1-4(13)16-6-3-5(15-2)7-8(9(6)14)10(7,11)12/h3,5,7-8H,1-2H3/t5-,7+,8+/m0/s1. The third kappa shape index (κ3) is 1.76. The van der Waals surface area contributed by atoms with Crippen molar-refractivity contribution in [1.82, 2.24) is 0 Å². The molecule has 4 nitrogen and oxygen atoms in total. The molecule has 2 rings (SSSR count). The van der Waals surface area contributed by atoms with Crippen LogP contribution in [0.25, 0.3) is 0 Å². The lowest BCUT2D eigenvalue weighted by Gasteiger charge is -2.17. The first kappa shape index (κ1) is 12.3. The maximum atomic E-state index is 11.9. The third-order valence-electron chi connectivity index (χ3n) is 2.83. The van der Waals surface area contributed by atoms with Crippen molar-refractivity contribution >= 4 is 43.6 Å². The van der Waals surface area contributed by atoms with Gasteiger partial charge in [-0.2, -0.15) is 0 Å². The summed E-state index contributed by atoms with van der Waals surface area (Å²) < 4.78 is 9.70. The van der Waals surface area contributed by atoms with Crippen LogP contribution >= 0.6 is 31.9 Å². The van der Waals surface area contributed by atoms with Gasteiger partial charge in [-0.1, -0.05) is 31.9 Å². The summed E-state index contributed by atoms with van der Waals surface area (Å²) in [6, 6.07) is 0. The number of hydrogen-bond donors (Lipinski definition) is 0. The Morgan fingerprint density at radius 3 is 2.62 bits per heavy atom. The molecule has 3 atom stereocenters. The Bertz CT molecular complexity index is 388. The first-order valence-corrected chi connectivity index (χ1v) is 6.33. The lowest BCUT2D eigenvalue weighted by atomic mass is 10.0. The highest BCUT2D eigenvalue weighted by Gasteiger charge is 2.70. The molecule has 0 saturated heterocycles. The average Bonchev–Trinajstić information content (AvgIpc) is 2.74. The monoisotopic (exact) mass is 352 g/mol. The van der Waals surface area contributed by atoms with E-state index >= 15 is 0 Å². The summed E-state index contributed by atoms with van der Waals surface area (Å²) in [7, 11) is 1.56. The van der Waals surface area contributed by atoms with E-state index in [0.717, 1.165) is 0 Å². The van der Waals surface area contributed by atoms with Crippen LogP contribution in [-0.4, -0.2) is 28.2 Å². The Labute approximate surface area is 110 Å². The summed E-state index contributed by atoms with van der Waals surface area (Å²) in [5.41, 5.74) is 0. The van der Waals surface area contributed by atoms with Crippen LogP contribution in [0.1, 0.15) is 6.92 Å². The second-order valence-corrected chi connectivity index (χ2v) is 7.56. The zero-order valence-electron chi connectivity index (χ0n) is 8.70. The fraction of sp³-hybridized carbons (Fsp3) is 0.600. The van der Waals surface area contributed by atoms with Gasteiger partial charge >= 0.3 is 5.97 Å². The van der Waals surface area contributed by atoms with E-state index in [1.54, 1.807) is 13.2 Å². The van der Waals surface area contributed by atoms with Crippen LogP contribution in [0.15, 0.2) is 11.8 Å². The summed E-state index contributed by atoms with van der Waals surface area (Å²) in [6.45, 7) is 1.27. The minimum atomic E-state index is -0.497. The Morgan fingerprint density at radius 1 is 1.50 bits per heavy atom. The van der Waals surface area contributed by atoms with Gasteiger partial charge in [-0.05, 0) is 6.08 Å². The summed E-state index contributed by atoms with van der Waals surface area (Å²) >= 11 is 6.87. The number of halogens is 2. The highest BCUT2D eigenvalue weighted by molar-refractivity contribution is 9.25. The molecule has 0 unspecified atom stereocenters. The molecule has 0 spiro atoms. The Hall–Kier alpha value is -0.200. The lowest BCUT2D eigenvalue weighted by molar-refractivity contribution is -0.141. The van der Waals surface area contributed by atoms with E-state index in [1.807, 2.05) is 0 Å². The smallest absolute Gasteiger partial charge is 0.308 e. The number of alkyl halides is 2. The molecule has 0 radical (unpaired) electrons. The molecule has 88 valence electrons.